The molecule has 1 nitrogen and oxygen atoms in total. The summed E-state index contributed by atoms with van der Waals surface area (Å²) < 4.78 is 5.35. The van der Waals surface area contributed by atoms with Crippen molar-refractivity contribution in [3.63, 3.8) is 0 Å². The van der Waals surface area contributed by atoms with Gasteiger partial charge in [0.15, 0.2) is 0 Å². The Kier molecular flexibility index (Phi) is 8.55. The Bertz CT molecular complexity index is 272. The van der Waals surface area contributed by atoms with Crippen LogP contribution in [0.15, 0.2) is 36.4 Å². The lowest BCUT2D eigenvalue weighted by Gasteiger charge is -2.03. The van der Waals surface area contributed by atoms with Crippen LogP contribution < -0.4 is 4.74 Å². The highest BCUT2D eigenvalue weighted by molar-refractivity contribution is 5.28. The summed E-state index contributed by atoms with van der Waals surface area (Å²) in [4.78, 5) is 0. The average molecular weight is 206 g/mol. The van der Waals surface area contributed by atoms with Crippen LogP contribution in [-0.2, 0) is 6.42 Å². The second-order valence-corrected chi connectivity index (χ2v) is 3.10. The van der Waals surface area contributed by atoms with Gasteiger partial charge >= 0.3 is 0 Å². The average Bonchev–Trinajstić information content (AvgIpc) is 2.30. The summed E-state index contributed by atoms with van der Waals surface area (Å²) in [7, 11) is 0. The number of hydrogen-bond acceptors (Lipinski definition) is 1. The summed E-state index contributed by atoms with van der Waals surface area (Å²) >= 11 is 0. The highest BCUT2D eigenvalue weighted by Crippen LogP contribution is 2.12. The van der Waals surface area contributed by atoms with Crippen LogP contribution in [0.2, 0.25) is 0 Å². The monoisotopic (exact) mass is 206 g/mol. The van der Waals surface area contributed by atoms with E-state index in [1.165, 1.54) is 5.56 Å². The van der Waals surface area contributed by atoms with Gasteiger partial charge in [0.25, 0.3) is 0 Å². The lowest BCUT2D eigenvalue weighted by atomic mass is 10.2. The van der Waals surface area contributed by atoms with E-state index in [0.717, 1.165) is 18.8 Å². The SMILES string of the molecule is CC=CC.CCOc1cccc(CC)c1. The van der Waals surface area contributed by atoms with Crippen molar-refractivity contribution in [2.24, 2.45) is 0 Å². The molecule has 0 radical (unpaired) electrons. The zero-order valence-corrected chi connectivity index (χ0v) is 10.3. The molecule has 15 heavy (non-hydrogen) atoms. The Morgan fingerprint density at radius 1 is 1.13 bits per heavy atom. The summed E-state index contributed by atoms with van der Waals surface area (Å²) in [6, 6.07) is 8.22. The Balaban J connectivity index is 0.000000423. The van der Waals surface area contributed by atoms with Crippen molar-refractivity contribution in [1.29, 1.82) is 0 Å². The second kappa shape index (κ2) is 9.32. The van der Waals surface area contributed by atoms with Gasteiger partial charge in [-0.05, 0) is 44.9 Å². The summed E-state index contributed by atoms with van der Waals surface area (Å²) in [5, 5.41) is 0. The van der Waals surface area contributed by atoms with E-state index in [0.29, 0.717) is 0 Å². The van der Waals surface area contributed by atoms with E-state index in [2.05, 4.69) is 19.1 Å². The third-order valence-electron chi connectivity index (χ3n) is 1.95. The Morgan fingerprint density at radius 3 is 2.27 bits per heavy atom. The van der Waals surface area contributed by atoms with Crippen LogP contribution in [0, 0.1) is 0 Å². The van der Waals surface area contributed by atoms with E-state index >= 15 is 0 Å². The van der Waals surface area contributed by atoms with Gasteiger partial charge in [-0.25, -0.2) is 0 Å². The first kappa shape index (κ1) is 13.8. The van der Waals surface area contributed by atoms with Gasteiger partial charge in [0.2, 0.25) is 0 Å². The molecule has 0 heterocycles. The highest BCUT2D eigenvalue weighted by atomic mass is 16.5. The van der Waals surface area contributed by atoms with Crippen molar-refractivity contribution < 1.29 is 4.74 Å². The molecule has 0 aliphatic carbocycles. The fraction of sp³-hybridized carbons (Fsp3) is 0.429. The minimum absolute atomic E-state index is 0.743. The van der Waals surface area contributed by atoms with Gasteiger partial charge in [0.1, 0.15) is 5.75 Å². The molecule has 0 spiro atoms. The number of ether oxygens (including phenoxy) is 1. The molecule has 0 fully saturated rings. The summed E-state index contributed by atoms with van der Waals surface area (Å²) in [5.41, 5.74) is 1.33. The maximum atomic E-state index is 5.35. The van der Waals surface area contributed by atoms with Crippen molar-refractivity contribution in [2.75, 3.05) is 6.61 Å². The molecule has 84 valence electrons. The number of hydrogen-bond donors (Lipinski definition) is 0. The molecule has 0 saturated carbocycles. The Hall–Kier alpha value is -1.24. The van der Waals surface area contributed by atoms with Crippen LogP contribution in [0.1, 0.15) is 33.3 Å². The fourth-order valence-corrected chi connectivity index (χ4v) is 1.02. The first-order valence-corrected chi connectivity index (χ1v) is 5.57. The normalized spacial score (nSPS) is 9.60. The maximum absolute atomic E-state index is 5.35. The summed E-state index contributed by atoms with van der Waals surface area (Å²) in [5.74, 6) is 0.979. The third kappa shape index (κ3) is 6.78. The lowest BCUT2D eigenvalue weighted by molar-refractivity contribution is 0.340. The standard InChI is InChI=1S/C10H14O.C4H8/c1-3-9-6-5-7-10(8-9)11-4-2;1-3-4-2/h5-8H,3-4H2,1-2H3;3-4H,1-2H3. The van der Waals surface area contributed by atoms with E-state index in [-0.39, 0.29) is 0 Å². The fourth-order valence-electron chi connectivity index (χ4n) is 1.02. The molecule has 0 aliphatic rings. The van der Waals surface area contributed by atoms with E-state index in [4.69, 9.17) is 4.74 Å². The molecule has 1 aromatic carbocycles. The predicted molar refractivity (Wildman–Crippen MR) is 67.5 cm³/mol. The third-order valence-corrected chi connectivity index (χ3v) is 1.95. The molecule has 0 atom stereocenters. The van der Waals surface area contributed by atoms with Gasteiger partial charge in [-0.15, -0.1) is 0 Å². The molecule has 0 saturated heterocycles. The zero-order valence-electron chi connectivity index (χ0n) is 10.3. The number of allylic oxidation sites excluding steroid dienone is 2. The molecule has 1 aromatic rings. The molecule has 0 aliphatic heterocycles. The Morgan fingerprint density at radius 2 is 1.80 bits per heavy atom. The van der Waals surface area contributed by atoms with Crippen molar-refractivity contribution in [1.82, 2.24) is 0 Å². The second-order valence-electron chi connectivity index (χ2n) is 3.10. The van der Waals surface area contributed by atoms with E-state index < -0.39 is 0 Å². The predicted octanol–water partition coefficient (Wildman–Crippen LogP) is 4.23. The van der Waals surface area contributed by atoms with E-state index in [1.54, 1.807) is 0 Å². The topological polar surface area (TPSA) is 9.23 Å². The van der Waals surface area contributed by atoms with Gasteiger partial charge in [0.05, 0.1) is 6.61 Å². The minimum atomic E-state index is 0.743. The van der Waals surface area contributed by atoms with Crippen LogP contribution in [0.5, 0.6) is 5.75 Å². The molecule has 0 aromatic heterocycles. The molecule has 0 N–H and O–H groups in total. The van der Waals surface area contributed by atoms with Crippen LogP contribution in [0.25, 0.3) is 0 Å². The van der Waals surface area contributed by atoms with Gasteiger partial charge in [-0.1, -0.05) is 31.2 Å². The van der Waals surface area contributed by atoms with Crippen molar-refractivity contribution >= 4 is 0 Å². The number of aryl methyl sites for hydroxylation is 1. The molecule has 0 bridgehead atoms. The van der Waals surface area contributed by atoms with Crippen LogP contribution in [0.4, 0.5) is 0 Å². The largest absolute Gasteiger partial charge is 0.494 e. The lowest BCUT2D eigenvalue weighted by Crippen LogP contribution is -1.91. The summed E-state index contributed by atoms with van der Waals surface area (Å²) in [6.07, 6.45) is 5.07. The minimum Gasteiger partial charge on any atom is -0.494 e. The first-order valence-electron chi connectivity index (χ1n) is 5.57. The molecule has 0 unspecified atom stereocenters. The van der Waals surface area contributed by atoms with Crippen LogP contribution >= 0.6 is 0 Å². The Labute approximate surface area is 93.8 Å². The molecule has 1 heteroatoms. The van der Waals surface area contributed by atoms with Gasteiger partial charge in [-0.2, -0.15) is 0 Å². The molecule has 0 amide bonds. The van der Waals surface area contributed by atoms with E-state index in [9.17, 15) is 0 Å². The highest BCUT2D eigenvalue weighted by Gasteiger charge is 1.92. The molecule has 1 rings (SSSR count). The van der Waals surface area contributed by atoms with E-state index in [1.807, 2.05) is 45.1 Å². The van der Waals surface area contributed by atoms with Gasteiger partial charge in [0, 0.05) is 0 Å². The maximum Gasteiger partial charge on any atom is 0.119 e. The number of rotatable bonds is 3. The van der Waals surface area contributed by atoms with Gasteiger partial charge < -0.3 is 4.74 Å². The summed E-state index contributed by atoms with van der Waals surface area (Å²) in [6.45, 7) is 8.89. The van der Waals surface area contributed by atoms with Crippen LogP contribution in [0.3, 0.4) is 0 Å². The zero-order chi connectivity index (χ0) is 11.5. The smallest absolute Gasteiger partial charge is 0.119 e. The van der Waals surface area contributed by atoms with Crippen molar-refractivity contribution in [2.45, 2.75) is 34.1 Å². The first-order chi connectivity index (χ1) is 7.28. The quantitative estimate of drug-likeness (QED) is 0.672. The van der Waals surface area contributed by atoms with Crippen molar-refractivity contribution in [3.8, 4) is 5.75 Å². The van der Waals surface area contributed by atoms with Gasteiger partial charge in [-0.3, -0.25) is 0 Å². The van der Waals surface area contributed by atoms with Crippen LogP contribution in [-0.4, -0.2) is 6.61 Å². The number of benzene rings is 1. The molecular formula is C14H22O. The molecular weight excluding hydrogens is 184 g/mol. The van der Waals surface area contributed by atoms with Crippen molar-refractivity contribution in [3.05, 3.63) is 42.0 Å².